The first kappa shape index (κ1) is 17.2. The highest BCUT2D eigenvalue weighted by Crippen LogP contribution is 2.23. The van der Waals surface area contributed by atoms with Gasteiger partial charge in [-0.1, -0.05) is 18.2 Å². The molecule has 1 aromatic heterocycles. The van der Waals surface area contributed by atoms with E-state index in [0.717, 1.165) is 5.56 Å². The summed E-state index contributed by atoms with van der Waals surface area (Å²) in [5, 5.41) is 0. The number of hydrogen-bond donors (Lipinski definition) is 1. The van der Waals surface area contributed by atoms with Gasteiger partial charge in [0.1, 0.15) is 0 Å². The molecule has 2 aromatic rings. The van der Waals surface area contributed by atoms with Crippen molar-refractivity contribution in [3.8, 4) is 11.5 Å². The molecule has 3 rings (SSSR count). The molecule has 1 saturated heterocycles. The van der Waals surface area contributed by atoms with E-state index in [2.05, 4.69) is 4.98 Å². The summed E-state index contributed by atoms with van der Waals surface area (Å²) >= 11 is 0. The third kappa shape index (κ3) is 3.56. The quantitative estimate of drug-likeness (QED) is 0.903. The highest BCUT2D eigenvalue weighted by molar-refractivity contribution is 5.93. The van der Waals surface area contributed by atoms with Crippen molar-refractivity contribution in [1.29, 1.82) is 0 Å². The Bertz CT molecular complexity index is 764. The fourth-order valence-corrected chi connectivity index (χ4v) is 2.93. The van der Waals surface area contributed by atoms with Crippen molar-refractivity contribution in [2.24, 2.45) is 5.73 Å². The SMILES string of the molecule is Cc1nc(-c2ccccc2)oc1C(=O)N1CCN([C@H](C)C(N)=O)CC1. The van der Waals surface area contributed by atoms with E-state index in [0.29, 0.717) is 37.8 Å². The van der Waals surface area contributed by atoms with E-state index >= 15 is 0 Å². The summed E-state index contributed by atoms with van der Waals surface area (Å²) < 4.78 is 5.74. The van der Waals surface area contributed by atoms with Crippen molar-refractivity contribution < 1.29 is 14.0 Å². The molecule has 0 radical (unpaired) electrons. The summed E-state index contributed by atoms with van der Waals surface area (Å²) in [4.78, 5) is 32.1. The van der Waals surface area contributed by atoms with Gasteiger partial charge in [0.25, 0.3) is 5.91 Å². The summed E-state index contributed by atoms with van der Waals surface area (Å²) in [6.45, 7) is 5.82. The van der Waals surface area contributed by atoms with Crippen molar-refractivity contribution >= 4 is 11.8 Å². The highest BCUT2D eigenvalue weighted by Gasteiger charge is 2.29. The summed E-state index contributed by atoms with van der Waals surface area (Å²) in [5.74, 6) is 0.203. The smallest absolute Gasteiger partial charge is 0.291 e. The predicted molar refractivity (Wildman–Crippen MR) is 92.8 cm³/mol. The third-order valence-corrected chi connectivity index (χ3v) is 4.57. The van der Waals surface area contributed by atoms with Crippen molar-refractivity contribution in [3.05, 3.63) is 41.8 Å². The van der Waals surface area contributed by atoms with Gasteiger partial charge in [0, 0.05) is 31.7 Å². The van der Waals surface area contributed by atoms with Crippen molar-refractivity contribution in [3.63, 3.8) is 0 Å². The molecule has 7 nitrogen and oxygen atoms in total. The number of aryl methyl sites for hydroxylation is 1. The monoisotopic (exact) mass is 342 g/mol. The van der Waals surface area contributed by atoms with E-state index in [-0.39, 0.29) is 23.6 Å². The van der Waals surface area contributed by atoms with Gasteiger partial charge in [-0.05, 0) is 26.0 Å². The van der Waals surface area contributed by atoms with E-state index in [4.69, 9.17) is 10.2 Å². The zero-order valence-electron chi connectivity index (χ0n) is 14.4. The van der Waals surface area contributed by atoms with Gasteiger partial charge in [-0.15, -0.1) is 0 Å². The van der Waals surface area contributed by atoms with Crippen molar-refractivity contribution in [2.45, 2.75) is 19.9 Å². The average molecular weight is 342 g/mol. The first-order valence-corrected chi connectivity index (χ1v) is 8.33. The molecule has 7 heteroatoms. The van der Waals surface area contributed by atoms with Crippen LogP contribution in [0.25, 0.3) is 11.5 Å². The molecule has 2 amide bonds. The second kappa shape index (κ2) is 7.06. The molecule has 132 valence electrons. The summed E-state index contributed by atoms with van der Waals surface area (Å²) in [7, 11) is 0. The van der Waals surface area contributed by atoms with Crippen LogP contribution in [0.4, 0.5) is 0 Å². The third-order valence-electron chi connectivity index (χ3n) is 4.57. The number of piperazine rings is 1. The fraction of sp³-hybridized carbons (Fsp3) is 0.389. The summed E-state index contributed by atoms with van der Waals surface area (Å²) in [6.07, 6.45) is 0. The Kier molecular flexibility index (Phi) is 4.85. The van der Waals surface area contributed by atoms with E-state index in [9.17, 15) is 9.59 Å². The molecule has 1 fully saturated rings. The zero-order valence-corrected chi connectivity index (χ0v) is 14.4. The Hall–Kier alpha value is -2.67. The van der Waals surface area contributed by atoms with Crippen LogP contribution in [0, 0.1) is 6.92 Å². The molecule has 0 spiro atoms. The lowest BCUT2D eigenvalue weighted by atomic mass is 10.2. The molecule has 1 aromatic carbocycles. The Balaban J connectivity index is 1.70. The molecule has 0 aliphatic carbocycles. The van der Waals surface area contributed by atoms with Gasteiger partial charge in [0.05, 0.1) is 11.7 Å². The molecule has 1 atom stereocenters. The molecule has 2 N–H and O–H groups in total. The Morgan fingerprint density at radius 2 is 1.80 bits per heavy atom. The molecule has 25 heavy (non-hydrogen) atoms. The van der Waals surface area contributed by atoms with Crippen molar-refractivity contribution in [2.75, 3.05) is 26.2 Å². The molecule has 2 heterocycles. The van der Waals surface area contributed by atoms with E-state index in [1.165, 1.54) is 0 Å². The Morgan fingerprint density at radius 3 is 2.40 bits per heavy atom. The van der Waals surface area contributed by atoms with Gasteiger partial charge in [-0.2, -0.15) is 0 Å². The van der Waals surface area contributed by atoms with Crippen LogP contribution in [0.15, 0.2) is 34.7 Å². The maximum atomic E-state index is 12.8. The first-order valence-electron chi connectivity index (χ1n) is 8.33. The van der Waals surface area contributed by atoms with Crippen LogP contribution < -0.4 is 5.73 Å². The maximum Gasteiger partial charge on any atom is 0.291 e. The molecule has 0 saturated carbocycles. The molecular weight excluding hydrogens is 320 g/mol. The number of amides is 2. The summed E-state index contributed by atoms with van der Waals surface area (Å²) in [6, 6.07) is 9.17. The molecule has 1 aliphatic heterocycles. The zero-order chi connectivity index (χ0) is 18.0. The largest absolute Gasteiger partial charge is 0.431 e. The van der Waals surface area contributed by atoms with Gasteiger partial charge < -0.3 is 15.1 Å². The highest BCUT2D eigenvalue weighted by atomic mass is 16.4. The topological polar surface area (TPSA) is 92.7 Å². The van der Waals surface area contributed by atoms with Crippen LogP contribution in [0.2, 0.25) is 0 Å². The minimum Gasteiger partial charge on any atom is -0.431 e. The van der Waals surface area contributed by atoms with Gasteiger partial charge in [0.2, 0.25) is 17.6 Å². The number of oxazole rings is 1. The van der Waals surface area contributed by atoms with Crippen LogP contribution >= 0.6 is 0 Å². The Labute approximate surface area is 146 Å². The predicted octanol–water partition coefficient (Wildman–Crippen LogP) is 1.28. The number of carbonyl (C=O) groups is 2. The number of benzene rings is 1. The van der Waals surface area contributed by atoms with Gasteiger partial charge >= 0.3 is 0 Å². The maximum absolute atomic E-state index is 12.8. The molecule has 1 aliphatic rings. The van der Waals surface area contributed by atoms with Gasteiger partial charge in [-0.3, -0.25) is 14.5 Å². The fourth-order valence-electron chi connectivity index (χ4n) is 2.93. The van der Waals surface area contributed by atoms with Gasteiger partial charge in [0.15, 0.2) is 0 Å². The molecular formula is C18H22N4O3. The lowest BCUT2D eigenvalue weighted by Gasteiger charge is -2.36. The molecule has 0 unspecified atom stereocenters. The normalized spacial score (nSPS) is 16.6. The van der Waals surface area contributed by atoms with E-state index < -0.39 is 0 Å². The van der Waals surface area contributed by atoms with Crippen LogP contribution in [0.3, 0.4) is 0 Å². The number of primary amides is 1. The number of nitrogens with two attached hydrogens (primary N) is 1. The number of aromatic nitrogens is 1. The standard InChI is InChI=1S/C18H22N4O3/c1-12-15(25-17(20-12)14-6-4-3-5-7-14)18(24)22-10-8-21(9-11-22)13(2)16(19)23/h3-7,13H,8-11H2,1-2H3,(H2,19,23)/t13-/m1/s1. The number of nitrogens with zero attached hydrogens (tertiary/aromatic N) is 3. The number of carbonyl (C=O) groups excluding carboxylic acids is 2. The average Bonchev–Trinajstić information content (AvgIpc) is 3.03. The first-order chi connectivity index (χ1) is 12.0. The van der Waals surface area contributed by atoms with Crippen LogP contribution in [0.1, 0.15) is 23.2 Å². The van der Waals surface area contributed by atoms with Crippen molar-refractivity contribution in [1.82, 2.24) is 14.8 Å². The lowest BCUT2D eigenvalue weighted by Crippen LogP contribution is -2.54. The van der Waals surface area contributed by atoms with Gasteiger partial charge in [-0.25, -0.2) is 4.98 Å². The van der Waals surface area contributed by atoms with Crippen LogP contribution in [0.5, 0.6) is 0 Å². The van der Waals surface area contributed by atoms with Crippen LogP contribution in [-0.2, 0) is 4.79 Å². The second-order valence-corrected chi connectivity index (χ2v) is 6.21. The van der Waals surface area contributed by atoms with E-state index in [1.807, 2.05) is 35.2 Å². The number of rotatable bonds is 4. The van der Waals surface area contributed by atoms with Crippen LogP contribution in [-0.4, -0.2) is 58.8 Å². The minimum absolute atomic E-state index is 0.168. The summed E-state index contributed by atoms with van der Waals surface area (Å²) in [5.41, 5.74) is 6.76. The lowest BCUT2D eigenvalue weighted by molar-refractivity contribution is -0.123. The minimum atomic E-state index is -0.349. The molecule has 0 bridgehead atoms. The number of hydrogen-bond acceptors (Lipinski definition) is 5. The second-order valence-electron chi connectivity index (χ2n) is 6.21. The van der Waals surface area contributed by atoms with E-state index in [1.54, 1.807) is 18.7 Å². The Morgan fingerprint density at radius 1 is 1.16 bits per heavy atom.